The average molecular weight is 387 g/mol. The van der Waals surface area contributed by atoms with Gasteiger partial charge in [0, 0.05) is 6.42 Å². The van der Waals surface area contributed by atoms with E-state index in [0.717, 1.165) is 12.8 Å². The van der Waals surface area contributed by atoms with Gasteiger partial charge >= 0.3 is 81.4 Å². The van der Waals surface area contributed by atoms with Crippen LogP contribution in [0, 0.1) is 0 Å². The topological polar surface area (TPSA) is 68.8 Å². The Balaban J connectivity index is -0.0000000860. The van der Waals surface area contributed by atoms with Gasteiger partial charge in [0.25, 0.3) is 0 Å². The summed E-state index contributed by atoms with van der Waals surface area (Å²) >= 11 is 0. The van der Waals surface area contributed by atoms with Crippen LogP contribution in [-0.4, -0.2) is 92.0 Å². The van der Waals surface area contributed by atoms with E-state index in [0.29, 0.717) is 6.42 Å². The van der Waals surface area contributed by atoms with Crippen LogP contribution < -0.4 is 0 Å². The van der Waals surface area contributed by atoms with Crippen molar-refractivity contribution in [2.45, 2.75) is 110 Å². The molecule has 0 radical (unpaired) electrons. The minimum absolute atomic E-state index is 0. The van der Waals surface area contributed by atoms with E-state index < -0.39 is 5.97 Å². The number of hydrogen-bond donors (Lipinski definition) is 1. The van der Waals surface area contributed by atoms with Crippen LogP contribution in [0.25, 0.3) is 0 Å². The molecule has 5 heteroatoms. The summed E-state index contributed by atoms with van der Waals surface area (Å²) in [5, 5.41) is 8.52. The molecule has 0 rings (SSSR count). The summed E-state index contributed by atoms with van der Waals surface area (Å²) in [6.07, 6.45) is 20.2. The number of hydrogen-bond acceptors (Lipinski definition) is 1. The zero-order chi connectivity index (χ0) is 14.9. The van der Waals surface area contributed by atoms with Gasteiger partial charge in [-0.05, 0) is 6.42 Å². The van der Waals surface area contributed by atoms with Crippen LogP contribution in [0.3, 0.4) is 0 Å². The number of carbonyl (C=O) groups is 1. The first-order valence-electron chi connectivity index (χ1n) is 8.99. The molecule has 3 N–H and O–H groups in total. The Hall–Kier alpha value is 1.95. The number of aliphatic carboxylic acids is 1. The molecular weight excluding hydrogens is 344 g/mol. The SMILES string of the molecule is CCCCCCCCCCCCCCCCCC(=O)O.O.[Ca+2].[Ca+2].[H-].[H-].[H-].[H-]. The predicted octanol–water partition coefficient (Wildman–Crippen LogP) is 5.20. The molecule has 0 fully saturated rings. The molecule has 0 aliphatic heterocycles. The van der Waals surface area contributed by atoms with E-state index in [-0.39, 0.29) is 86.7 Å². The molecule has 0 aliphatic carbocycles. The molecule has 0 aromatic carbocycles. The van der Waals surface area contributed by atoms with Crippen molar-refractivity contribution in [2.24, 2.45) is 0 Å². The Labute approximate surface area is 210 Å². The molecule has 0 aromatic rings. The molecule has 136 valence electrons. The van der Waals surface area contributed by atoms with Crippen LogP contribution in [0.1, 0.15) is 115 Å². The summed E-state index contributed by atoms with van der Waals surface area (Å²) in [5.74, 6) is -0.653. The molecule has 0 amide bonds. The summed E-state index contributed by atoms with van der Waals surface area (Å²) < 4.78 is 0. The number of rotatable bonds is 16. The molecule has 0 saturated heterocycles. The van der Waals surface area contributed by atoms with E-state index in [1.165, 1.54) is 83.5 Å². The molecule has 0 bridgehead atoms. The monoisotopic (exact) mass is 386 g/mol. The summed E-state index contributed by atoms with van der Waals surface area (Å²) in [4.78, 5) is 10.3. The van der Waals surface area contributed by atoms with Gasteiger partial charge in [0.05, 0.1) is 0 Å². The van der Waals surface area contributed by atoms with Gasteiger partial charge in [0.1, 0.15) is 0 Å². The molecule has 0 spiro atoms. The van der Waals surface area contributed by atoms with Crippen molar-refractivity contribution in [3.63, 3.8) is 0 Å². The minimum atomic E-state index is -0.653. The fraction of sp³-hybridized carbons (Fsp3) is 0.944. The van der Waals surface area contributed by atoms with Crippen molar-refractivity contribution in [3.05, 3.63) is 0 Å². The van der Waals surface area contributed by atoms with Crippen molar-refractivity contribution in [3.8, 4) is 0 Å². The zero-order valence-corrected chi connectivity index (χ0v) is 20.0. The first-order valence-corrected chi connectivity index (χ1v) is 8.99. The van der Waals surface area contributed by atoms with E-state index in [4.69, 9.17) is 5.11 Å². The van der Waals surface area contributed by atoms with Crippen LogP contribution in [0.4, 0.5) is 0 Å². The van der Waals surface area contributed by atoms with Crippen molar-refractivity contribution >= 4 is 81.4 Å². The van der Waals surface area contributed by atoms with Crippen LogP contribution in [0.15, 0.2) is 0 Å². The third-order valence-corrected chi connectivity index (χ3v) is 3.99. The van der Waals surface area contributed by atoms with Crippen molar-refractivity contribution < 1.29 is 21.1 Å². The Morgan fingerprint density at radius 3 is 1.17 bits per heavy atom. The largest absolute Gasteiger partial charge is 2.00 e. The Morgan fingerprint density at radius 2 is 0.913 bits per heavy atom. The Bertz CT molecular complexity index is 231. The molecule has 23 heavy (non-hydrogen) atoms. The van der Waals surface area contributed by atoms with Crippen LogP contribution in [0.5, 0.6) is 0 Å². The van der Waals surface area contributed by atoms with Crippen molar-refractivity contribution in [2.75, 3.05) is 0 Å². The standard InChI is InChI=1S/C18H36O2.2Ca.H2O.4H/c1-2-3-4-5-6-7-8-9-10-11-12-13-14-15-16-17-18(19)20;;;;;;;/h2-17H2,1H3,(H,19,20);;;1H2;;;;/q;2*+2;;4*-1. The van der Waals surface area contributed by atoms with E-state index in [9.17, 15) is 4.79 Å². The number of unbranched alkanes of at least 4 members (excludes halogenated alkanes) is 14. The van der Waals surface area contributed by atoms with Crippen LogP contribution >= 0.6 is 0 Å². The molecule has 0 unspecified atom stereocenters. The van der Waals surface area contributed by atoms with Crippen molar-refractivity contribution in [1.82, 2.24) is 0 Å². The van der Waals surface area contributed by atoms with Gasteiger partial charge < -0.3 is 16.3 Å². The minimum Gasteiger partial charge on any atom is -1.00 e. The van der Waals surface area contributed by atoms with Gasteiger partial charge in [-0.3, -0.25) is 4.79 Å². The van der Waals surface area contributed by atoms with Gasteiger partial charge in [-0.1, -0.05) is 96.8 Å². The molecule has 0 atom stereocenters. The summed E-state index contributed by atoms with van der Waals surface area (Å²) in [6.45, 7) is 2.27. The summed E-state index contributed by atoms with van der Waals surface area (Å²) in [7, 11) is 0. The van der Waals surface area contributed by atoms with Gasteiger partial charge in [0.15, 0.2) is 0 Å². The van der Waals surface area contributed by atoms with Gasteiger partial charge in [-0.25, -0.2) is 0 Å². The quantitative estimate of drug-likeness (QED) is 0.293. The fourth-order valence-electron chi connectivity index (χ4n) is 2.65. The van der Waals surface area contributed by atoms with Gasteiger partial charge in [0.2, 0.25) is 0 Å². The first-order chi connectivity index (χ1) is 9.77. The molecule has 0 aliphatic rings. The second kappa shape index (κ2) is 28.7. The van der Waals surface area contributed by atoms with Crippen LogP contribution in [-0.2, 0) is 4.79 Å². The molecule has 0 aromatic heterocycles. The third kappa shape index (κ3) is 32.1. The maximum Gasteiger partial charge on any atom is 2.00 e. The maximum atomic E-state index is 10.3. The van der Waals surface area contributed by atoms with E-state index >= 15 is 0 Å². The second-order valence-electron chi connectivity index (χ2n) is 6.09. The van der Waals surface area contributed by atoms with E-state index in [2.05, 4.69) is 6.92 Å². The van der Waals surface area contributed by atoms with E-state index in [1.54, 1.807) is 0 Å². The molecular formula is C18H42Ca2O3. The zero-order valence-electron chi connectivity index (χ0n) is 19.6. The Morgan fingerprint density at radius 1 is 0.652 bits per heavy atom. The average Bonchev–Trinajstić information content (AvgIpc) is 2.43. The van der Waals surface area contributed by atoms with Crippen LogP contribution in [0.2, 0.25) is 0 Å². The number of carboxylic acid groups (broad SMARTS) is 1. The van der Waals surface area contributed by atoms with Crippen molar-refractivity contribution in [1.29, 1.82) is 0 Å². The number of carboxylic acids is 1. The first kappa shape index (κ1) is 32.6. The predicted molar refractivity (Wildman–Crippen MR) is 107 cm³/mol. The van der Waals surface area contributed by atoms with E-state index in [1.807, 2.05) is 0 Å². The molecule has 0 heterocycles. The molecule has 3 nitrogen and oxygen atoms in total. The summed E-state index contributed by atoms with van der Waals surface area (Å²) in [5.41, 5.74) is 0. The van der Waals surface area contributed by atoms with Gasteiger partial charge in [-0.15, -0.1) is 0 Å². The normalized spacial score (nSPS) is 9.43. The van der Waals surface area contributed by atoms with Gasteiger partial charge in [-0.2, -0.15) is 0 Å². The smallest absolute Gasteiger partial charge is 1.00 e. The Kier molecular flexibility index (Phi) is 40.7. The second-order valence-corrected chi connectivity index (χ2v) is 6.09. The fourth-order valence-corrected chi connectivity index (χ4v) is 2.65. The summed E-state index contributed by atoms with van der Waals surface area (Å²) in [6, 6.07) is 0. The molecule has 0 saturated carbocycles. The third-order valence-electron chi connectivity index (χ3n) is 3.99. The maximum absolute atomic E-state index is 10.3.